The van der Waals surface area contributed by atoms with Crippen LogP contribution in [0.1, 0.15) is 18.2 Å². The van der Waals surface area contributed by atoms with Gasteiger partial charge in [0.15, 0.2) is 6.23 Å². The zero-order valence-electron chi connectivity index (χ0n) is 10.5. The first-order valence-corrected chi connectivity index (χ1v) is 6.11. The first kappa shape index (κ1) is 12.8. The highest BCUT2D eigenvalue weighted by molar-refractivity contribution is 5.91. The highest BCUT2D eigenvalue weighted by Gasteiger charge is 2.36. The van der Waals surface area contributed by atoms with Crippen LogP contribution in [-0.2, 0) is 4.74 Å². The van der Waals surface area contributed by atoms with Gasteiger partial charge in [0, 0.05) is 12.6 Å². The van der Waals surface area contributed by atoms with Crippen LogP contribution >= 0.6 is 0 Å². The van der Waals surface area contributed by atoms with Crippen LogP contribution in [0.3, 0.4) is 0 Å². The molecule has 3 rings (SSSR count). The van der Waals surface area contributed by atoms with Gasteiger partial charge in [0.25, 0.3) is 0 Å². The lowest BCUT2D eigenvalue weighted by molar-refractivity contribution is -0.0484. The molecule has 2 aromatic heterocycles. The van der Waals surface area contributed by atoms with Crippen LogP contribution in [0.4, 0.5) is 5.82 Å². The maximum absolute atomic E-state index is 10.0. The minimum atomic E-state index is -0.787. The molecule has 3 heterocycles. The molecule has 20 heavy (non-hydrogen) atoms. The number of nitrogens with two attached hydrogens (primary N) is 1. The van der Waals surface area contributed by atoms with E-state index in [1.54, 1.807) is 4.57 Å². The Hall–Kier alpha value is -2.21. The molecule has 1 fully saturated rings. The van der Waals surface area contributed by atoms with Crippen LogP contribution < -0.4 is 5.73 Å². The van der Waals surface area contributed by atoms with Gasteiger partial charge in [0.1, 0.15) is 30.0 Å². The molecule has 3 atom stereocenters. The summed E-state index contributed by atoms with van der Waals surface area (Å²) in [5.74, 6) is 0.205. The summed E-state index contributed by atoms with van der Waals surface area (Å²) in [4.78, 5) is 7.97. The number of aliphatic hydroxyl groups is 2. The Balaban J connectivity index is 2.14. The van der Waals surface area contributed by atoms with Crippen LogP contribution in [-0.4, -0.2) is 43.6 Å². The molecule has 1 aliphatic rings. The van der Waals surface area contributed by atoms with Gasteiger partial charge in [-0.15, -0.1) is 0 Å². The first-order valence-electron chi connectivity index (χ1n) is 6.11. The lowest BCUT2D eigenvalue weighted by atomic mass is 10.2. The summed E-state index contributed by atoms with van der Waals surface area (Å²) < 4.78 is 7.13. The van der Waals surface area contributed by atoms with Crippen LogP contribution in [0.15, 0.2) is 12.5 Å². The molecule has 0 unspecified atom stereocenters. The topological polar surface area (TPSA) is 130 Å². The van der Waals surface area contributed by atoms with Crippen molar-refractivity contribution in [1.29, 1.82) is 5.26 Å². The average molecular weight is 275 g/mol. The Bertz CT molecular complexity index is 692. The molecule has 8 nitrogen and oxygen atoms in total. The number of rotatable bonds is 2. The van der Waals surface area contributed by atoms with E-state index in [1.807, 2.05) is 6.07 Å². The number of nitrogens with zero attached hydrogens (tertiary/aromatic N) is 4. The van der Waals surface area contributed by atoms with Crippen LogP contribution in [0.25, 0.3) is 11.0 Å². The van der Waals surface area contributed by atoms with E-state index in [4.69, 9.17) is 20.8 Å². The number of anilines is 1. The van der Waals surface area contributed by atoms with E-state index in [9.17, 15) is 5.11 Å². The Kier molecular flexibility index (Phi) is 3.02. The number of hydrogen-bond donors (Lipinski definition) is 3. The summed E-state index contributed by atoms with van der Waals surface area (Å²) in [5.41, 5.74) is 6.52. The summed E-state index contributed by atoms with van der Waals surface area (Å²) >= 11 is 0. The van der Waals surface area contributed by atoms with Crippen LogP contribution in [0.2, 0.25) is 0 Å². The van der Waals surface area contributed by atoms with Crippen molar-refractivity contribution in [3.63, 3.8) is 0 Å². The van der Waals surface area contributed by atoms with Crippen molar-refractivity contribution in [2.75, 3.05) is 12.3 Å². The van der Waals surface area contributed by atoms with Gasteiger partial charge in [-0.1, -0.05) is 0 Å². The minimum Gasteiger partial charge on any atom is -0.394 e. The Morgan fingerprint density at radius 3 is 3.00 bits per heavy atom. The van der Waals surface area contributed by atoms with E-state index in [2.05, 4.69) is 9.97 Å². The van der Waals surface area contributed by atoms with Gasteiger partial charge < -0.3 is 25.3 Å². The summed E-state index contributed by atoms with van der Waals surface area (Å²) in [6.07, 6.45) is 1.22. The molecular weight excluding hydrogens is 262 g/mol. The third-order valence-corrected chi connectivity index (χ3v) is 3.40. The molecule has 0 bridgehead atoms. The van der Waals surface area contributed by atoms with Crippen molar-refractivity contribution in [2.45, 2.75) is 24.9 Å². The quantitative estimate of drug-likeness (QED) is 0.675. The number of aromatic nitrogens is 3. The molecule has 0 radical (unpaired) electrons. The number of hydrogen-bond acceptors (Lipinski definition) is 7. The molecule has 0 saturated carbocycles. The van der Waals surface area contributed by atoms with Crippen molar-refractivity contribution in [3.05, 3.63) is 18.1 Å². The lowest BCUT2D eigenvalue weighted by Crippen LogP contribution is -2.19. The second kappa shape index (κ2) is 4.72. The van der Waals surface area contributed by atoms with Gasteiger partial charge in [0.05, 0.1) is 23.7 Å². The van der Waals surface area contributed by atoms with Crippen LogP contribution in [0.5, 0.6) is 0 Å². The van der Waals surface area contributed by atoms with E-state index >= 15 is 0 Å². The standard InChI is InChI=1S/C12H13N5O3/c13-2-6-3-17(11-9(6)10(14)15-5-16-11)12-8(19)1-7(4-18)20-12/h3,5,7-8,12,18-19H,1,4H2,(H2,14,15,16)/t7-,8+,12+/m0/s1. The zero-order valence-corrected chi connectivity index (χ0v) is 10.5. The van der Waals surface area contributed by atoms with Gasteiger partial charge in [-0.25, -0.2) is 9.97 Å². The van der Waals surface area contributed by atoms with Crippen molar-refractivity contribution < 1.29 is 14.9 Å². The lowest BCUT2D eigenvalue weighted by Gasteiger charge is -2.17. The molecular formula is C12H13N5O3. The predicted octanol–water partition coefficient (Wildman–Crippen LogP) is -0.474. The van der Waals surface area contributed by atoms with E-state index in [0.29, 0.717) is 23.0 Å². The molecule has 2 aromatic rings. The molecule has 0 aromatic carbocycles. The first-order chi connectivity index (χ1) is 9.65. The SMILES string of the molecule is N#Cc1cn([C@@H]2O[C@H](CO)C[C@H]2O)c2ncnc(N)c12. The second-order valence-corrected chi connectivity index (χ2v) is 4.65. The van der Waals surface area contributed by atoms with Crippen molar-refractivity contribution in [3.8, 4) is 6.07 Å². The average Bonchev–Trinajstić information content (AvgIpc) is 3.00. The molecule has 1 aliphatic heterocycles. The molecule has 0 spiro atoms. The van der Waals surface area contributed by atoms with Crippen molar-refractivity contribution >= 4 is 16.9 Å². The summed E-state index contributed by atoms with van der Waals surface area (Å²) in [7, 11) is 0. The van der Waals surface area contributed by atoms with Crippen molar-refractivity contribution in [1.82, 2.24) is 14.5 Å². The highest BCUT2D eigenvalue weighted by Crippen LogP contribution is 2.33. The van der Waals surface area contributed by atoms with E-state index in [0.717, 1.165) is 0 Å². The van der Waals surface area contributed by atoms with Gasteiger partial charge in [0.2, 0.25) is 0 Å². The third-order valence-electron chi connectivity index (χ3n) is 3.40. The number of nitrogen functional groups attached to an aromatic ring is 1. The van der Waals surface area contributed by atoms with E-state index < -0.39 is 18.4 Å². The Morgan fingerprint density at radius 1 is 1.55 bits per heavy atom. The smallest absolute Gasteiger partial charge is 0.161 e. The largest absolute Gasteiger partial charge is 0.394 e. The van der Waals surface area contributed by atoms with E-state index in [1.165, 1.54) is 12.5 Å². The van der Waals surface area contributed by atoms with Crippen molar-refractivity contribution in [2.24, 2.45) is 0 Å². The van der Waals surface area contributed by atoms with Gasteiger partial charge in [-0.3, -0.25) is 0 Å². The number of aliphatic hydroxyl groups excluding tert-OH is 2. The highest BCUT2D eigenvalue weighted by atomic mass is 16.5. The van der Waals surface area contributed by atoms with E-state index in [-0.39, 0.29) is 12.4 Å². The number of fused-ring (bicyclic) bond motifs is 1. The second-order valence-electron chi connectivity index (χ2n) is 4.65. The number of ether oxygens (including phenoxy) is 1. The molecule has 1 saturated heterocycles. The maximum Gasteiger partial charge on any atom is 0.161 e. The molecule has 8 heteroatoms. The normalized spacial score (nSPS) is 25.9. The zero-order chi connectivity index (χ0) is 14.3. The Labute approximate surface area is 114 Å². The summed E-state index contributed by atoms with van der Waals surface area (Å²) in [6.45, 7) is -0.172. The fourth-order valence-electron chi connectivity index (χ4n) is 2.48. The fourth-order valence-corrected chi connectivity index (χ4v) is 2.48. The van der Waals surface area contributed by atoms with Gasteiger partial charge >= 0.3 is 0 Å². The molecule has 104 valence electrons. The minimum absolute atomic E-state index is 0.172. The molecule has 4 N–H and O–H groups in total. The van der Waals surface area contributed by atoms with Crippen LogP contribution in [0, 0.1) is 11.3 Å². The maximum atomic E-state index is 10.0. The molecule has 0 aliphatic carbocycles. The Morgan fingerprint density at radius 2 is 2.35 bits per heavy atom. The number of nitriles is 1. The predicted molar refractivity (Wildman–Crippen MR) is 68.3 cm³/mol. The van der Waals surface area contributed by atoms with Gasteiger partial charge in [-0.05, 0) is 0 Å². The third kappa shape index (κ3) is 1.80. The summed E-state index contributed by atoms with van der Waals surface area (Å²) in [6, 6.07) is 2.03. The summed E-state index contributed by atoms with van der Waals surface area (Å²) in [5, 5.41) is 28.8. The molecule has 0 amide bonds. The monoisotopic (exact) mass is 275 g/mol. The fraction of sp³-hybridized carbons (Fsp3) is 0.417. The van der Waals surface area contributed by atoms with Gasteiger partial charge in [-0.2, -0.15) is 5.26 Å².